The number of hydrogen-bond acceptors (Lipinski definition) is 1. The van der Waals surface area contributed by atoms with E-state index in [2.05, 4.69) is 20.9 Å². The van der Waals surface area contributed by atoms with Crippen LogP contribution in [0.3, 0.4) is 0 Å². The second-order valence-corrected chi connectivity index (χ2v) is 3.87. The summed E-state index contributed by atoms with van der Waals surface area (Å²) in [5.41, 5.74) is 1.86. The zero-order valence-electron chi connectivity index (χ0n) is 7.36. The Morgan fingerprint density at radius 2 is 2.08 bits per heavy atom. The molecule has 0 aliphatic heterocycles. The standard InChI is InChI=1S/C9H11BrFN/c1-5(2)8-6(3)4-7(11)9(10)12-8/h4-5H,1-3H3. The first kappa shape index (κ1) is 9.65. The van der Waals surface area contributed by atoms with Crippen molar-refractivity contribution in [2.75, 3.05) is 0 Å². The fraction of sp³-hybridized carbons (Fsp3) is 0.444. The van der Waals surface area contributed by atoms with E-state index in [1.807, 2.05) is 20.8 Å². The van der Waals surface area contributed by atoms with Crippen molar-refractivity contribution in [1.29, 1.82) is 0 Å². The fourth-order valence-corrected chi connectivity index (χ4v) is 1.46. The van der Waals surface area contributed by atoms with Crippen molar-refractivity contribution < 1.29 is 4.39 Å². The van der Waals surface area contributed by atoms with Gasteiger partial charge >= 0.3 is 0 Å². The van der Waals surface area contributed by atoms with Crippen LogP contribution in [-0.2, 0) is 0 Å². The summed E-state index contributed by atoms with van der Waals surface area (Å²) in [6.45, 7) is 5.96. The number of halogens is 2. The molecule has 0 saturated carbocycles. The van der Waals surface area contributed by atoms with Crippen molar-refractivity contribution in [2.45, 2.75) is 26.7 Å². The molecule has 0 atom stereocenters. The molecule has 1 aromatic heterocycles. The van der Waals surface area contributed by atoms with Crippen LogP contribution in [0.5, 0.6) is 0 Å². The molecule has 0 aliphatic carbocycles. The lowest BCUT2D eigenvalue weighted by molar-refractivity contribution is 0.605. The molecule has 0 amide bonds. The summed E-state index contributed by atoms with van der Waals surface area (Å²) < 4.78 is 13.2. The number of hydrogen-bond donors (Lipinski definition) is 0. The summed E-state index contributed by atoms with van der Waals surface area (Å²) >= 11 is 3.06. The lowest BCUT2D eigenvalue weighted by Crippen LogP contribution is -1.98. The lowest BCUT2D eigenvalue weighted by Gasteiger charge is -2.08. The Hall–Kier alpha value is -0.440. The van der Waals surface area contributed by atoms with Crippen LogP contribution in [0.2, 0.25) is 0 Å². The topological polar surface area (TPSA) is 12.9 Å². The zero-order chi connectivity index (χ0) is 9.30. The Balaban J connectivity index is 3.23. The summed E-state index contributed by atoms with van der Waals surface area (Å²) in [6.07, 6.45) is 0. The molecule has 1 aromatic rings. The van der Waals surface area contributed by atoms with Crippen molar-refractivity contribution in [2.24, 2.45) is 0 Å². The first-order chi connectivity index (χ1) is 5.52. The second kappa shape index (κ2) is 3.52. The van der Waals surface area contributed by atoms with E-state index in [-0.39, 0.29) is 5.82 Å². The molecule has 0 spiro atoms. The Bertz CT molecular complexity index is 297. The SMILES string of the molecule is Cc1cc(F)c(Br)nc1C(C)C. The Morgan fingerprint density at radius 3 is 2.58 bits per heavy atom. The van der Waals surface area contributed by atoms with Gasteiger partial charge in [-0.1, -0.05) is 13.8 Å². The Labute approximate surface area is 80.1 Å². The predicted octanol–water partition coefficient (Wildman–Crippen LogP) is 3.42. The second-order valence-electron chi connectivity index (χ2n) is 3.12. The summed E-state index contributed by atoms with van der Waals surface area (Å²) in [7, 11) is 0. The predicted molar refractivity (Wildman–Crippen MR) is 50.7 cm³/mol. The number of aromatic nitrogens is 1. The van der Waals surface area contributed by atoms with Crippen molar-refractivity contribution in [3.63, 3.8) is 0 Å². The molecule has 12 heavy (non-hydrogen) atoms. The molecule has 1 rings (SSSR count). The average molecular weight is 232 g/mol. The molecule has 0 aromatic carbocycles. The van der Waals surface area contributed by atoms with E-state index in [9.17, 15) is 4.39 Å². The number of pyridine rings is 1. The lowest BCUT2D eigenvalue weighted by atomic mass is 10.1. The third kappa shape index (κ3) is 1.83. The molecule has 66 valence electrons. The first-order valence-corrected chi connectivity index (χ1v) is 4.64. The molecule has 0 aliphatic rings. The molecule has 0 unspecified atom stereocenters. The van der Waals surface area contributed by atoms with Gasteiger partial charge in [0.2, 0.25) is 0 Å². The highest BCUT2D eigenvalue weighted by Gasteiger charge is 2.09. The Kier molecular flexibility index (Phi) is 2.83. The highest BCUT2D eigenvalue weighted by Crippen LogP contribution is 2.21. The van der Waals surface area contributed by atoms with Crippen LogP contribution in [0.15, 0.2) is 10.7 Å². The van der Waals surface area contributed by atoms with Gasteiger partial charge in [-0.05, 0) is 40.4 Å². The molecule has 1 nitrogen and oxygen atoms in total. The molecule has 0 fully saturated rings. The zero-order valence-corrected chi connectivity index (χ0v) is 8.94. The van der Waals surface area contributed by atoms with Gasteiger partial charge in [0.25, 0.3) is 0 Å². The Morgan fingerprint density at radius 1 is 1.50 bits per heavy atom. The van der Waals surface area contributed by atoms with Crippen molar-refractivity contribution >= 4 is 15.9 Å². The van der Waals surface area contributed by atoms with Gasteiger partial charge in [0.1, 0.15) is 4.60 Å². The third-order valence-electron chi connectivity index (χ3n) is 1.71. The maximum absolute atomic E-state index is 12.9. The summed E-state index contributed by atoms with van der Waals surface area (Å²) in [4.78, 5) is 4.11. The van der Waals surface area contributed by atoms with E-state index in [4.69, 9.17) is 0 Å². The van der Waals surface area contributed by atoms with Crippen molar-refractivity contribution in [3.8, 4) is 0 Å². The van der Waals surface area contributed by atoms with Crippen LogP contribution in [0, 0.1) is 12.7 Å². The maximum atomic E-state index is 12.9. The maximum Gasteiger partial charge on any atom is 0.156 e. The van der Waals surface area contributed by atoms with Crippen LogP contribution in [0.25, 0.3) is 0 Å². The molecule has 0 bridgehead atoms. The summed E-state index contributed by atoms with van der Waals surface area (Å²) in [6, 6.07) is 1.51. The monoisotopic (exact) mass is 231 g/mol. The summed E-state index contributed by atoms with van der Waals surface area (Å²) in [5.74, 6) is 0.0406. The quantitative estimate of drug-likeness (QED) is 0.676. The van der Waals surface area contributed by atoms with E-state index >= 15 is 0 Å². The van der Waals surface area contributed by atoms with Crippen LogP contribution in [0.4, 0.5) is 4.39 Å². The van der Waals surface area contributed by atoms with E-state index < -0.39 is 0 Å². The minimum absolute atomic E-state index is 0.295. The van der Waals surface area contributed by atoms with E-state index in [0.29, 0.717) is 10.5 Å². The highest BCUT2D eigenvalue weighted by molar-refractivity contribution is 9.10. The van der Waals surface area contributed by atoms with Crippen LogP contribution < -0.4 is 0 Å². The van der Waals surface area contributed by atoms with Gasteiger partial charge in [-0.2, -0.15) is 0 Å². The van der Waals surface area contributed by atoms with E-state index in [1.165, 1.54) is 6.07 Å². The van der Waals surface area contributed by atoms with E-state index in [0.717, 1.165) is 11.3 Å². The van der Waals surface area contributed by atoms with Gasteiger partial charge in [-0.15, -0.1) is 0 Å². The fourth-order valence-electron chi connectivity index (χ4n) is 1.16. The highest BCUT2D eigenvalue weighted by atomic mass is 79.9. The molecule has 0 radical (unpaired) electrons. The van der Waals surface area contributed by atoms with Gasteiger partial charge in [-0.3, -0.25) is 0 Å². The summed E-state index contributed by atoms with van der Waals surface area (Å²) in [5, 5.41) is 0. The number of nitrogens with zero attached hydrogens (tertiary/aromatic N) is 1. The minimum Gasteiger partial charge on any atom is -0.242 e. The van der Waals surface area contributed by atoms with Crippen LogP contribution >= 0.6 is 15.9 Å². The smallest absolute Gasteiger partial charge is 0.156 e. The molecule has 0 N–H and O–H groups in total. The molecule has 0 saturated heterocycles. The molecular weight excluding hydrogens is 221 g/mol. The molecule has 3 heteroatoms. The van der Waals surface area contributed by atoms with Gasteiger partial charge in [0.05, 0.1) is 0 Å². The van der Waals surface area contributed by atoms with Crippen molar-refractivity contribution in [1.82, 2.24) is 4.98 Å². The van der Waals surface area contributed by atoms with Gasteiger partial charge in [0, 0.05) is 5.69 Å². The number of aryl methyl sites for hydroxylation is 1. The van der Waals surface area contributed by atoms with Gasteiger partial charge in [-0.25, -0.2) is 9.37 Å². The molecule has 1 heterocycles. The average Bonchev–Trinajstić information content (AvgIpc) is 1.96. The van der Waals surface area contributed by atoms with Crippen molar-refractivity contribution in [3.05, 3.63) is 27.7 Å². The first-order valence-electron chi connectivity index (χ1n) is 3.85. The normalized spacial score (nSPS) is 10.8. The largest absolute Gasteiger partial charge is 0.242 e. The van der Waals surface area contributed by atoms with Crippen LogP contribution in [0.1, 0.15) is 31.0 Å². The van der Waals surface area contributed by atoms with Gasteiger partial charge in [0.15, 0.2) is 5.82 Å². The number of rotatable bonds is 1. The van der Waals surface area contributed by atoms with Gasteiger partial charge < -0.3 is 0 Å². The third-order valence-corrected chi connectivity index (χ3v) is 2.27. The van der Waals surface area contributed by atoms with E-state index in [1.54, 1.807) is 0 Å². The molecular formula is C9H11BrFN. The minimum atomic E-state index is -0.295. The van der Waals surface area contributed by atoms with Crippen LogP contribution in [-0.4, -0.2) is 4.98 Å².